The van der Waals surface area contributed by atoms with Crippen LogP contribution in [0.5, 0.6) is 0 Å². The van der Waals surface area contributed by atoms with Gasteiger partial charge in [-0.25, -0.2) is 9.78 Å². The molecule has 1 aromatic heterocycles. The third-order valence-electron chi connectivity index (χ3n) is 6.28. The summed E-state index contributed by atoms with van der Waals surface area (Å²) in [6.45, 7) is -0.346. The number of likely N-dealkylation sites (tertiary alicyclic amines) is 1. The quantitative estimate of drug-likeness (QED) is 0.597. The molecule has 0 bridgehead atoms. The number of nitrogens with one attached hydrogen (secondary N) is 1. The number of carboxylic acid groups (broad SMARTS) is 1. The highest BCUT2D eigenvalue weighted by molar-refractivity contribution is 5.99. The second kappa shape index (κ2) is 8.05. The molecule has 1 saturated heterocycles. The Morgan fingerprint density at radius 3 is 2.65 bits per heavy atom. The van der Waals surface area contributed by atoms with E-state index in [2.05, 4.69) is 10.3 Å². The van der Waals surface area contributed by atoms with Crippen LogP contribution >= 0.6 is 0 Å². The summed E-state index contributed by atoms with van der Waals surface area (Å²) in [5, 5.41) is 12.0. The molecule has 2 N–H and O–H groups in total. The molecule has 0 spiro atoms. The fourth-order valence-corrected chi connectivity index (χ4v) is 4.64. The lowest BCUT2D eigenvalue weighted by molar-refractivity contribution is -0.147. The van der Waals surface area contributed by atoms with Crippen molar-refractivity contribution in [2.45, 2.75) is 24.3 Å². The van der Waals surface area contributed by atoms with Gasteiger partial charge in [-0.3, -0.25) is 9.59 Å². The summed E-state index contributed by atoms with van der Waals surface area (Å²) in [5.74, 6) is -5.54. The molecule has 2 amide bonds. The van der Waals surface area contributed by atoms with Gasteiger partial charge in [0, 0.05) is 23.2 Å². The Labute approximate surface area is 192 Å². The highest BCUT2D eigenvalue weighted by Gasteiger charge is 2.44. The maximum Gasteiger partial charge on any atom is 0.326 e. The smallest absolute Gasteiger partial charge is 0.326 e. The van der Waals surface area contributed by atoms with E-state index in [1.54, 1.807) is 12.1 Å². The van der Waals surface area contributed by atoms with Gasteiger partial charge < -0.3 is 19.7 Å². The number of fused-ring (bicyclic) bond motifs is 3. The Bertz CT molecular complexity index is 1290. The molecule has 1 fully saturated rings. The van der Waals surface area contributed by atoms with E-state index in [4.69, 9.17) is 4.42 Å². The number of aliphatic carboxylic acids is 1. The predicted molar refractivity (Wildman–Crippen MR) is 114 cm³/mol. The van der Waals surface area contributed by atoms with Gasteiger partial charge >= 0.3 is 5.97 Å². The molecular weight excluding hydrogens is 448 g/mol. The number of hydrogen-bond donors (Lipinski definition) is 2. The lowest BCUT2D eigenvalue weighted by Gasteiger charge is -2.21. The molecule has 0 saturated carbocycles. The first-order valence-corrected chi connectivity index (χ1v) is 10.6. The molecule has 3 aromatic rings. The lowest BCUT2D eigenvalue weighted by atomic mass is 10.0. The Morgan fingerprint density at radius 1 is 1.15 bits per heavy atom. The zero-order chi connectivity index (χ0) is 24.0. The summed E-state index contributed by atoms with van der Waals surface area (Å²) < 4.78 is 34.7. The van der Waals surface area contributed by atoms with Gasteiger partial charge in [-0.05, 0) is 29.7 Å². The summed E-state index contributed by atoms with van der Waals surface area (Å²) >= 11 is 0. The molecule has 1 aliphatic carbocycles. The maximum atomic E-state index is 14.7. The average molecular weight is 467 g/mol. The molecule has 5 rings (SSSR count). The van der Waals surface area contributed by atoms with E-state index in [0.717, 1.165) is 0 Å². The normalized spacial score (nSPS) is 20.0. The van der Waals surface area contributed by atoms with Gasteiger partial charge in [0.05, 0.1) is 18.7 Å². The zero-order valence-electron chi connectivity index (χ0n) is 17.7. The van der Waals surface area contributed by atoms with Crippen molar-refractivity contribution in [3.05, 3.63) is 77.5 Å². The van der Waals surface area contributed by atoms with Gasteiger partial charge in [0.2, 0.25) is 5.91 Å². The first-order valence-electron chi connectivity index (χ1n) is 10.6. The van der Waals surface area contributed by atoms with Gasteiger partial charge in [-0.15, -0.1) is 0 Å². The first kappa shape index (κ1) is 21.7. The van der Waals surface area contributed by atoms with Crippen molar-refractivity contribution >= 4 is 17.8 Å². The van der Waals surface area contributed by atoms with Crippen molar-refractivity contribution in [3.8, 4) is 11.1 Å². The monoisotopic (exact) mass is 467 g/mol. The zero-order valence-corrected chi connectivity index (χ0v) is 17.7. The van der Waals surface area contributed by atoms with Gasteiger partial charge in [-0.1, -0.05) is 30.3 Å². The Balaban J connectivity index is 1.30. The van der Waals surface area contributed by atoms with Crippen LogP contribution in [0.2, 0.25) is 0 Å². The number of hydrogen-bond acceptors (Lipinski definition) is 5. The van der Waals surface area contributed by atoms with Crippen LogP contribution in [0.4, 0.5) is 8.78 Å². The van der Waals surface area contributed by atoms with Crippen LogP contribution in [0.15, 0.2) is 59.3 Å². The van der Waals surface area contributed by atoms with E-state index in [-0.39, 0.29) is 41.1 Å². The number of rotatable bonds is 5. The molecule has 2 heterocycles. The largest absolute Gasteiger partial charge is 0.480 e. The summed E-state index contributed by atoms with van der Waals surface area (Å²) in [6, 6.07) is 8.92. The van der Waals surface area contributed by atoms with Crippen molar-refractivity contribution in [2.24, 2.45) is 0 Å². The van der Waals surface area contributed by atoms with E-state index in [1.807, 2.05) is 0 Å². The minimum atomic E-state index is -3.15. The van der Waals surface area contributed by atoms with Crippen LogP contribution < -0.4 is 5.32 Å². The number of aromatic nitrogens is 1. The molecule has 2 atom stereocenters. The summed E-state index contributed by atoms with van der Waals surface area (Å²) in [4.78, 5) is 42.3. The predicted octanol–water partition coefficient (Wildman–Crippen LogP) is 2.99. The Hall–Kier alpha value is -4.08. The number of halogens is 2. The second-order valence-electron chi connectivity index (χ2n) is 8.27. The molecule has 174 valence electrons. The van der Waals surface area contributed by atoms with Gasteiger partial charge in [0.15, 0.2) is 5.89 Å². The van der Waals surface area contributed by atoms with Gasteiger partial charge in [-0.2, -0.15) is 8.78 Å². The summed E-state index contributed by atoms with van der Waals surface area (Å²) in [6.07, 6.45) is 2.97. The van der Waals surface area contributed by atoms with Crippen molar-refractivity contribution in [2.75, 3.05) is 13.1 Å². The number of carbonyl (C=O) groups is 3. The number of oxazole rings is 1. The molecule has 1 unspecified atom stereocenters. The van der Waals surface area contributed by atoms with E-state index >= 15 is 0 Å². The number of carbonyl (C=O) groups excluding carboxylic acids is 2. The number of carboxylic acids is 1. The van der Waals surface area contributed by atoms with E-state index in [9.17, 15) is 28.3 Å². The summed E-state index contributed by atoms with van der Waals surface area (Å²) in [7, 11) is 0. The van der Waals surface area contributed by atoms with E-state index in [1.165, 1.54) is 47.7 Å². The summed E-state index contributed by atoms with van der Waals surface area (Å²) in [5.41, 5.74) is 0.436. The SMILES string of the molecule is O=C(NCC(=O)N1CC(c2ncco2)C[C@H]1C(=O)O)c1ccc2c(c1)-c1ccccc1C2(F)F. The fourth-order valence-electron chi connectivity index (χ4n) is 4.64. The van der Waals surface area contributed by atoms with Crippen molar-refractivity contribution in [1.82, 2.24) is 15.2 Å². The van der Waals surface area contributed by atoms with Crippen molar-refractivity contribution in [3.63, 3.8) is 0 Å². The Kier molecular flexibility index (Phi) is 5.15. The van der Waals surface area contributed by atoms with Gasteiger partial charge in [0.1, 0.15) is 12.3 Å². The molecule has 0 radical (unpaired) electrons. The van der Waals surface area contributed by atoms with E-state index in [0.29, 0.717) is 11.5 Å². The van der Waals surface area contributed by atoms with Crippen LogP contribution in [-0.4, -0.2) is 51.9 Å². The number of alkyl halides is 2. The minimum Gasteiger partial charge on any atom is -0.480 e. The topological polar surface area (TPSA) is 113 Å². The number of amides is 2. The standard InChI is InChI=1S/C24H19F2N3O5/c25-24(26)17-4-2-1-3-15(17)16-9-13(5-6-18(16)24)21(31)28-11-20(30)29-12-14(10-19(29)23(32)33)22-27-7-8-34-22/h1-9,14,19H,10-12H2,(H,28,31)(H,32,33)/t14?,19-/m0/s1. The first-order chi connectivity index (χ1) is 16.3. The second-order valence-corrected chi connectivity index (χ2v) is 8.27. The fraction of sp³-hybridized carbons (Fsp3) is 0.250. The van der Waals surface area contributed by atoms with Crippen molar-refractivity contribution in [1.29, 1.82) is 0 Å². The van der Waals surface area contributed by atoms with Crippen LogP contribution in [0.1, 0.15) is 39.7 Å². The molecule has 10 heteroatoms. The maximum absolute atomic E-state index is 14.7. The van der Waals surface area contributed by atoms with Gasteiger partial charge in [0.25, 0.3) is 11.8 Å². The van der Waals surface area contributed by atoms with Crippen LogP contribution in [0, 0.1) is 0 Å². The Morgan fingerprint density at radius 2 is 1.91 bits per heavy atom. The number of benzene rings is 2. The van der Waals surface area contributed by atoms with Crippen LogP contribution in [0.3, 0.4) is 0 Å². The minimum absolute atomic E-state index is 0.0941. The average Bonchev–Trinajstić information content (AvgIpc) is 3.55. The van der Waals surface area contributed by atoms with Crippen LogP contribution in [0.25, 0.3) is 11.1 Å². The highest BCUT2D eigenvalue weighted by atomic mass is 19.3. The van der Waals surface area contributed by atoms with E-state index < -0.39 is 36.3 Å². The third-order valence-corrected chi connectivity index (χ3v) is 6.28. The lowest BCUT2D eigenvalue weighted by Crippen LogP contribution is -2.45. The highest BCUT2D eigenvalue weighted by Crippen LogP contribution is 2.50. The molecule has 2 aromatic carbocycles. The van der Waals surface area contributed by atoms with Crippen molar-refractivity contribution < 1.29 is 32.7 Å². The molecule has 2 aliphatic rings. The molecular formula is C24H19F2N3O5. The number of nitrogens with zero attached hydrogens (tertiary/aromatic N) is 2. The van der Waals surface area contributed by atoms with Crippen LogP contribution in [-0.2, 0) is 15.5 Å². The molecule has 34 heavy (non-hydrogen) atoms. The molecule has 1 aliphatic heterocycles. The molecule has 8 nitrogen and oxygen atoms in total. The third kappa shape index (κ3) is 3.51.